The predicted octanol–water partition coefficient (Wildman–Crippen LogP) is 2.29. The fourth-order valence-corrected chi connectivity index (χ4v) is 2.50. The molecule has 2 amide bonds. The molecule has 2 aromatic rings. The van der Waals surface area contributed by atoms with Gasteiger partial charge in [-0.15, -0.1) is 0 Å². The third kappa shape index (κ3) is 5.06. The normalized spacial score (nSPS) is 13.3. The number of aryl methyl sites for hydroxylation is 1. The van der Waals surface area contributed by atoms with Gasteiger partial charge in [0.15, 0.2) is 5.82 Å². The molecule has 7 nitrogen and oxygen atoms in total. The number of carbonyl (C=O) groups is 1. The summed E-state index contributed by atoms with van der Waals surface area (Å²) in [5, 5.41) is 18.8. The summed E-state index contributed by atoms with van der Waals surface area (Å²) in [6.07, 6.45) is 1.25. The zero-order chi connectivity index (χ0) is 17.4. The highest BCUT2D eigenvalue weighted by molar-refractivity contribution is 5.74. The second-order valence-electron chi connectivity index (χ2n) is 5.61. The molecule has 0 saturated carbocycles. The molecule has 0 spiro atoms. The average Bonchev–Trinajstić information content (AvgIpc) is 3.03. The van der Waals surface area contributed by atoms with Gasteiger partial charge in [0.05, 0.1) is 6.04 Å². The number of carbonyl (C=O) groups excluding carboxylic acids is 1. The minimum absolute atomic E-state index is 0.0643. The number of hydrogen-bond acceptors (Lipinski definition) is 5. The first-order valence-corrected chi connectivity index (χ1v) is 8.14. The Morgan fingerprint density at radius 1 is 1.33 bits per heavy atom. The monoisotopic (exact) mass is 332 g/mol. The summed E-state index contributed by atoms with van der Waals surface area (Å²) in [7, 11) is 0. The lowest BCUT2D eigenvalue weighted by atomic mass is 9.96. The van der Waals surface area contributed by atoms with E-state index in [1.807, 2.05) is 37.3 Å². The van der Waals surface area contributed by atoms with E-state index in [0.29, 0.717) is 31.1 Å². The van der Waals surface area contributed by atoms with Crippen LogP contribution in [0.2, 0.25) is 0 Å². The van der Waals surface area contributed by atoms with Crippen LogP contribution in [0, 0.1) is 6.92 Å². The largest absolute Gasteiger partial charge is 0.396 e. The molecule has 0 fully saturated rings. The quantitative estimate of drug-likeness (QED) is 0.688. The number of benzene rings is 1. The first kappa shape index (κ1) is 17.9. The van der Waals surface area contributed by atoms with Crippen LogP contribution in [-0.2, 0) is 0 Å². The second-order valence-corrected chi connectivity index (χ2v) is 5.61. The van der Waals surface area contributed by atoms with E-state index in [-0.39, 0.29) is 24.6 Å². The number of aliphatic hydroxyl groups excluding tert-OH is 1. The van der Waals surface area contributed by atoms with Gasteiger partial charge >= 0.3 is 6.03 Å². The third-order valence-electron chi connectivity index (χ3n) is 3.83. The fourth-order valence-electron chi connectivity index (χ4n) is 2.50. The van der Waals surface area contributed by atoms with E-state index in [9.17, 15) is 9.90 Å². The van der Waals surface area contributed by atoms with Crippen molar-refractivity contribution < 1.29 is 14.4 Å². The van der Waals surface area contributed by atoms with Crippen molar-refractivity contribution in [3.05, 3.63) is 47.6 Å². The molecule has 1 aromatic heterocycles. The number of amides is 2. The molecule has 3 N–H and O–H groups in total. The van der Waals surface area contributed by atoms with Crippen LogP contribution in [0.1, 0.15) is 49.0 Å². The van der Waals surface area contributed by atoms with Crippen molar-refractivity contribution in [2.45, 2.75) is 38.6 Å². The Morgan fingerprint density at radius 2 is 2.08 bits per heavy atom. The molecule has 130 valence electrons. The van der Waals surface area contributed by atoms with Crippen molar-refractivity contribution >= 4 is 6.03 Å². The summed E-state index contributed by atoms with van der Waals surface area (Å²) in [6, 6.07) is 9.25. The minimum Gasteiger partial charge on any atom is -0.396 e. The average molecular weight is 332 g/mol. The van der Waals surface area contributed by atoms with Crippen molar-refractivity contribution in [1.82, 2.24) is 20.8 Å². The second kappa shape index (κ2) is 9.02. The first-order valence-electron chi connectivity index (χ1n) is 8.14. The number of hydrogen-bond donors (Lipinski definition) is 3. The summed E-state index contributed by atoms with van der Waals surface area (Å²) >= 11 is 0. The Hall–Kier alpha value is -2.41. The zero-order valence-corrected chi connectivity index (χ0v) is 14.0. The Kier molecular flexibility index (Phi) is 6.74. The van der Waals surface area contributed by atoms with Crippen LogP contribution in [0.15, 0.2) is 34.9 Å². The molecule has 7 heteroatoms. The molecule has 1 heterocycles. The van der Waals surface area contributed by atoms with E-state index in [4.69, 9.17) is 4.52 Å². The summed E-state index contributed by atoms with van der Waals surface area (Å²) in [6.45, 7) is 4.17. The standard InChI is InChI=1S/C17H24N4O3/c1-3-15(16-19-12(2)24-21-16)20-17(23)18-11-14(9-10-22)13-7-5-4-6-8-13/h4-8,14-15,22H,3,9-11H2,1-2H3,(H2,18,20,23). The van der Waals surface area contributed by atoms with E-state index in [0.717, 1.165) is 5.56 Å². The molecule has 2 rings (SSSR count). The van der Waals surface area contributed by atoms with Gasteiger partial charge in [0, 0.05) is 26.0 Å². The lowest BCUT2D eigenvalue weighted by Crippen LogP contribution is -2.40. The molecule has 0 radical (unpaired) electrons. The van der Waals surface area contributed by atoms with Crippen LogP contribution in [0.3, 0.4) is 0 Å². The number of urea groups is 1. The van der Waals surface area contributed by atoms with Gasteiger partial charge in [-0.2, -0.15) is 4.98 Å². The van der Waals surface area contributed by atoms with Gasteiger partial charge in [-0.05, 0) is 18.4 Å². The molecular weight excluding hydrogens is 308 g/mol. The Bertz CT molecular complexity index is 630. The maximum absolute atomic E-state index is 12.2. The molecule has 0 saturated heterocycles. The van der Waals surface area contributed by atoms with Crippen LogP contribution in [0.5, 0.6) is 0 Å². The summed E-state index contributed by atoms with van der Waals surface area (Å²) in [5.41, 5.74) is 1.09. The number of aliphatic hydroxyl groups is 1. The van der Waals surface area contributed by atoms with E-state index in [1.54, 1.807) is 6.92 Å². The fraction of sp³-hybridized carbons (Fsp3) is 0.471. The van der Waals surface area contributed by atoms with Gasteiger partial charge in [-0.1, -0.05) is 42.4 Å². The maximum Gasteiger partial charge on any atom is 0.315 e. The third-order valence-corrected chi connectivity index (χ3v) is 3.83. The minimum atomic E-state index is -0.296. The van der Waals surface area contributed by atoms with Crippen LogP contribution in [0.25, 0.3) is 0 Å². The smallest absolute Gasteiger partial charge is 0.315 e. The summed E-state index contributed by atoms with van der Waals surface area (Å²) < 4.78 is 4.96. The predicted molar refractivity (Wildman–Crippen MR) is 89.5 cm³/mol. The number of nitrogens with one attached hydrogen (secondary N) is 2. The highest BCUT2D eigenvalue weighted by atomic mass is 16.5. The Labute approximate surface area is 141 Å². The molecule has 0 aliphatic rings. The molecule has 0 aliphatic carbocycles. The number of aromatic nitrogens is 2. The van der Waals surface area contributed by atoms with Gasteiger partial charge in [0.1, 0.15) is 0 Å². The highest BCUT2D eigenvalue weighted by Gasteiger charge is 2.19. The van der Waals surface area contributed by atoms with E-state index < -0.39 is 0 Å². The van der Waals surface area contributed by atoms with E-state index in [1.165, 1.54) is 0 Å². The molecule has 0 aliphatic heterocycles. The van der Waals surface area contributed by atoms with Crippen molar-refractivity contribution in [2.75, 3.05) is 13.2 Å². The van der Waals surface area contributed by atoms with Gasteiger partial charge in [0.2, 0.25) is 5.89 Å². The lowest BCUT2D eigenvalue weighted by Gasteiger charge is -2.19. The number of nitrogens with zero attached hydrogens (tertiary/aromatic N) is 2. The Morgan fingerprint density at radius 3 is 2.67 bits per heavy atom. The topological polar surface area (TPSA) is 100 Å². The molecule has 24 heavy (non-hydrogen) atoms. The SMILES string of the molecule is CCC(NC(=O)NCC(CCO)c1ccccc1)c1noc(C)n1. The summed E-state index contributed by atoms with van der Waals surface area (Å²) in [4.78, 5) is 16.3. The van der Waals surface area contributed by atoms with Crippen molar-refractivity contribution in [1.29, 1.82) is 0 Å². The molecule has 1 aromatic carbocycles. The van der Waals surface area contributed by atoms with Gasteiger partial charge < -0.3 is 20.3 Å². The summed E-state index contributed by atoms with van der Waals surface area (Å²) in [5.74, 6) is 1.01. The molecule has 2 unspecified atom stereocenters. The van der Waals surface area contributed by atoms with Gasteiger partial charge in [-0.3, -0.25) is 0 Å². The van der Waals surface area contributed by atoms with E-state index in [2.05, 4.69) is 20.8 Å². The lowest BCUT2D eigenvalue weighted by molar-refractivity contribution is 0.232. The molecule has 2 atom stereocenters. The van der Waals surface area contributed by atoms with Crippen LogP contribution >= 0.6 is 0 Å². The maximum atomic E-state index is 12.2. The van der Waals surface area contributed by atoms with Crippen LogP contribution in [-0.4, -0.2) is 34.4 Å². The highest BCUT2D eigenvalue weighted by Crippen LogP contribution is 2.18. The zero-order valence-electron chi connectivity index (χ0n) is 14.0. The van der Waals surface area contributed by atoms with E-state index >= 15 is 0 Å². The Balaban J connectivity index is 1.90. The van der Waals surface area contributed by atoms with Gasteiger partial charge in [0.25, 0.3) is 0 Å². The molecular formula is C17H24N4O3. The van der Waals surface area contributed by atoms with Crippen molar-refractivity contribution in [3.63, 3.8) is 0 Å². The van der Waals surface area contributed by atoms with Crippen molar-refractivity contribution in [3.8, 4) is 0 Å². The molecule has 0 bridgehead atoms. The van der Waals surface area contributed by atoms with Gasteiger partial charge in [-0.25, -0.2) is 4.79 Å². The van der Waals surface area contributed by atoms with Crippen molar-refractivity contribution in [2.24, 2.45) is 0 Å². The first-order chi connectivity index (χ1) is 11.6. The van der Waals surface area contributed by atoms with Crippen LogP contribution < -0.4 is 10.6 Å². The van der Waals surface area contributed by atoms with Crippen LogP contribution in [0.4, 0.5) is 4.79 Å². The number of rotatable bonds is 8.